The number of likely N-dealkylation sites (tertiary alicyclic amines) is 1. The minimum atomic E-state index is -1.08. The van der Waals surface area contributed by atoms with Gasteiger partial charge in [0, 0.05) is 56.4 Å². The van der Waals surface area contributed by atoms with Crippen LogP contribution in [0.1, 0.15) is 49.3 Å². The predicted molar refractivity (Wildman–Crippen MR) is 140 cm³/mol. The number of hydrogen-bond donors (Lipinski definition) is 4. The van der Waals surface area contributed by atoms with Crippen LogP contribution in [0.4, 0.5) is 9.59 Å². The van der Waals surface area contributed by atoms with Gasteiger partial charge >= 0.3 is 12.1 Å². The molecular weight excluding hydrogens is 484 g/mol. The van der Waals surface area contributed by atoms with Gasteiger partial charge in [-0.05, 0) is 75.3 Å². The number of amides is 3. The van der Waals surface area contributed by atoms with Crippen LogP contribution in [0.25, 0.3) is 0 Å². The third-order valence-electron chi connectivity index (χ3n) is 7.13. The molecule has 2 fully saturated rings. The van der Waals surface area contributed by atoms with Crippen molar-refractivity contribution in [2.45, 2.75) is 51.2 Å². The molecule has 1 unspecified atom stereocenters. The van der Waals surface area contributed by atoms with Gasteiger partial charge < -0.3 is 35.4 Å². The van der Waals surface area contributed by atoms with Crippen LogP contribution < -0.4 is 16.0 Å². The molecule has 1 aromatic rings. The Hall–Kier alpha value is -2.07. The van der Waals surface area contributed by atoms with E-state index in [4.69, 9.17) is 26.2 Å². The maximum Gasteiger partial charge on any atom is 0.404 e. The third-order valence-corrected chi connectivity index (χ3v) is 7.37. The number of rotatable bonds is 11. The Labute approximate surface area is 219 Å². The highest BCUT2D eigenvalue weighted by Crippen LogP contribution is 2.35. The molecule has 36 heavy (non-hydrogen) atoms. The SMILES string of the molecule is CNC[C@H](CC1CCOCC1)NC(=O)N1CCC[C@@H](C(OCCNC(=O)O)c2cc(Cl)ccc2C)C1. The average Bonchev–Trinajstić information content (AvgIpc) is 2.86. The molecule has 0 aliphatic carbocycles. The number of carbonyl (C=O) groups is 2. The van der Waals surface area contributed by atoms with Gasteiger partial charge in [-0.25, -0.2) is 9.59 Å². The summed E-state index contributed by atoms with van der Waals surface area (Å²) < 4.78 is 11.7. The number of nitrogens with one attached hydrogen (secondary N) is 3. The van der Waals surface area contributed by atoms with E-state index < -0.39 is 6.09 Å². The molecule has 3 rings (SSSR count). The molecule has 202 valence electrons. The Morgan fingerprint density at radius 3 is 2.78 bits per heavy atom. The predicted octanol–water partition coefficient (Wildman–Crippen LogP) is 3.80. The first-order valence-corrected chi connectivity index (χ1v) is 13.4. The van der Waals surface area contributed by atoms with Crippen molar-refractivity contribution in [3.05, 3.63) is 34.3 Å². The zero-order valence-corrected chi connectivity index (χ0v) is 22.2. The largest absolute Gasteiger partial charge is 0.465 e. The Bertz CT molecular complexity index is 852. The first kappa shape index (κ1) is 28.5. The summed E-state index contributed by atoms with van der Waals surface area (Å²) in [6.07, 6.45) is 3.44. The molecule has 2 saturated heterocycles. The number of benzene rings is 1. The molecule has 1 aromatic carbocycles. The lowest BCUT2D eigenvalue weighted by molar-refractivity contribution is -0.00889. The molecule has 2 aliphatic heterocycles. The van der Waals surface area contributed by atoms with Crippen LogP contribution in [0.5, 0.6) is 0 Å². The number of nitrogens with zero attached hydrogens (tertiary/aromatic N) is 1. The smallest absolute Gasteiger partial charge is 0.404 e. The van der Waals surface area contributed by atoms with Gasteiger partial charge in [-0.1, -0.05) is 17.7 Å². The van der Waals surface area contributed by atoms with Crippen molar-refractivity contribution in [2.24, 2.45) is 11.8 Å². The lowest BCUT2D eigenvalue weighted by Gasteiger charge is -2.38. The second-order valence-electron chi connectivity index (χ2n) is 9.87. The van der Waals surface area contributed by atoms with Crippen molar-refractivity contribution in [3.63, 3.8) is 0 Å². The van der Waals surface area contributed by atoms with E-state index in [1.165, 1.54) is 0 Å². The van der Waals surface area contributed by atoms with E-state index in [2.05, 4.69) is 16.0 Å². The molecule has 3 atom stereocenters. The van der Waals surface area contributed by atoms with Crippen LogP contribution in [0, 0.1) is 18.8 Å². The molecule has 0 bridgehead atoms. The summed E-state index contributed by atoms with van der Waals surface area (Å²) in [7, 11) is 1.91. The number of aryl methyl sites for hydroxylation is 1. The van der Waals surface area contributed by atoms with Crippen LogP contribution in [0.3, 0.4) is 0 Å². The zero-order valence-electron chi connectivity index (χ0n) is 21.4. The molecule has 2 heterocycles. The second-order valence-corrected chi connectivity index (χ2v) is 10.3. The first-order valence-electron chi connectivity index (χ1n) is 13.0. The van der Waals surface area contributed by atoms with Gasteiger partial charge in [0.25, 0.3) is 0 Å². The van der Waals surface area contributed by atoms with E-state index in [1.54, 1.807) is 0 Å². The van der Waals surface area contributed by atoms with Crippen LogP contribution >= 0.6 is 11.6 Å². The monoisotopic (exact) mass is 524 g/mol. The van der Waals surface area contributed by atoms with Crippen LogP contribution in [-0.2, 0) is 9.47 Å². The van der Waals surface area contributed by atoms with E-state index in [9.17, 15) is 9.59 Å². The number of carbonyl (C=O) groups excluding carboxylic acids is 1. The van der Waals surface area contributed by atoms with Crippen LogP contribution in [-0.4, -0.2) is 81.2 Å². The molecule has 0 aromatic heterocycles. The van der Waals surface area contributed by atoms with Gasteiger partial charge in [0.2, 0.25) is 0 Å². The van der Waals surface area contributed by atoms with Crippen molar-refractivity contribution in [1.29, 1.82) is 0 Å². The van der Waals surface area contributed by atoms with Gasteiger partial charge in [-0.15, -0.1) is 0 Å². The molecule has 9 nitrogen and oxygen atoms in total. The summed E-state index contributed by atoms with van der Waals surface area (Å²) in [6.45, 7) is 6.04. The van der Waals surface area contributed by atoms with Crippen molar-refractivity contribution in [2.75, 3.05) is 53.0 Å². The lowest BCUT2D eigenvalue weighted by Crippen LogP contribution is -2.52. The van der Waals surface area contributed by atoms with Crippen molar-refractivity contribution < 1.29 is 24.2 Å². The fourth-order valence-electron chi connectivity index (χ4n) is 5.27. The van der Waals surface area contributed by atoms with Crippen molar-refractivity contribution in [1.82, 2.24) is 20.9 Å². The number of hydrogen-bond acceptors (Lipinski definition) is 5. The standard InChI is InChI=1S/C26H41ClN4O5/c1-18-5-6-21(27)15-23(18)24(36-13-9-29-26(33)34)20-4-3-10-31(17-20)25(32)30-22(16-28-2)14-19-7-11-35-12-8-19/h5-6,15,19-20,22,24,28-29H,3-4,7-14,16-17H2,1-2H3,(H,30,32)(H,33,34)/t20-,22+,24?/m1/s1. The summed E-state index contributed by atoms with van der Waals surface area (Å²) in [5.74, 6) is 0.638. The van der Waals surface area contributed by atoms with Gasteiger partial charge in [-0.3, -0.25) is 0 Å². The summed E-state index contributed by atoms with van der Waals surface area (Å²) >= 11 is 6.31. The number of carboxylic acid groups (broad SMARTS) is 1. The Morgan fingerprint density at radius 1 is 1.28 bits per heavy atom. The zero-order chi connectivity index (χ0) is 25.9. The van der Waals surface area contributed by atoms with E-state index in [0.717, 1.165) is 63.0 Å². The maximum atomic E-state index is 13.3. The Morgan fingerprint density at radius 2 is 2.06 bits per heavy atom. The fraction of sp³-hybridized carbons (Fsp3) is 0.692. The average molecular weight is 525 g/mol. The van der Waals surface area contributed by atoms with E-state index >= 15 is 0 Å². The topological polar surface area (TPSA) is 112 Å². The van der Waals surface area contributed by atoms with E-state index in [1.807, 2.05) is 37.1 Å². The molecule has 0 saturated carbocycles. The molecular formula is C26H41ClN4O5. The maximum absolute atomic E-state index is 13.3. The number of urea groups is 1. The van der Waals surface area contributed by atoms with Gasteiger partial charge in [0.15, 0.2) is 0 Å². The van der Waals surface area contributed by atoms with Crippen molar-refractivity contribution in [3.8, 4) is 0 Å². The second kappa shape index (κ2) is 14.6. The van der Waals surface area contributed by atoms with Crippen molar-refractivity contribution >= 4 is 23.7 Å². The van der Waals surface area contributed by atoms with Crippen LogP contribution in [0.15, 0.2) is 18.2 Å². The molecule has 4 N–H and O–H groups in total. The van der Waals surface area contributed by atoms with E-state index in [-0.39, 0.29) is 37.2 Å². The highest BCUT2D eigenvalue weighted by molar-refractivity contribution is 6.30. The first-order chi connectivity index (χ1) is 17.4. The molecule has 0 spiro atoms. The molecule has 2 aliphatic rings. The van der Waals surface area contributed by atoms with Gasteiger partial charge in [-0.2, -0.15) is 0 Å². The Balaban J connectivity index is 1.66. The van der Waals surface area contributed by atoms with Gasteiger partial charge in [0.05, 0.1) is 12.7 Å². The number of likely N-dealkylation sites (N-methyl/N-ethyl adjacent to an activating group) is 1. The molecule has 3 amide bonds. The number of piperidine rings is 1. The van der Waals surface area contributed by atoms with Crippen LogP contribution in [0.2, 0.25) is 5.02 Å². The summed E-state index contributed by atoms with van der Waals surface area (Å²) in [5, 5.41) is 18.4. The summed E-state index contributed by atoms with van der Waals surface area (Å²) in [5.41, 5.74) is 2.04. The molecule has 10 heteroatoms. The summed E-state index contributed by atoms with van der Waals surface area (Å²) in [4.78, 5) is 26.1. The quantitative estimate of drug-likeness (QED) is 0.328. The Kier molecular flexibility index (Phi) is 11.6. The minimum Gasteiger partial charge on any atom is -0.465 e. The number of halogens is 1. The minimum absolute atomic E-state index is 0.0406. The highest BCUT2D eigenvalue weighted by atomic mass is 35.5. The highest BCUT2D eigenvalue weighted by Gasteiger charge is 2.33. The third kappa shape index (κ3) is 8.80. The number of ether oxygens (including phenoxy) is 2. The summed E-state index contributed by atoms with van der Waals surface area (Å²) in [6, 6.07) is 5.76. The normalized spacial score (nSPS) is 20.5. The fourth-order valence-corrected chi connectivity index (χ4v) is 5.45. The molecule has 0 radical (unpaired) electrons. The lowest BCUT2D eigenvalue weighted by atomic mass is 9.86. The van der Waals surface area contributed by atoms with Gasteiger partial charge in [0.1, 0.15) is 0 Å². The van der Waals surface area contributed by atoms with E-state index in [0.29, 0.717) is 24.0 Å².